The van der Waals surface area contributed by atoms with Crippen LogP contribution in [-0.2, 0) is 6.18 Å². The number of hydrogen-bond donors (Lipinski definition) is 0. The van der Waals surface area contributed by atoms with Crippen molar-refractivity contribution in [1.82, 2.24) is 9.88 Å². The molecule has 9 heteroatoms. The van der Waals surface area contributed by atoms with Gasteiger partial charge in [0, 0.05) is 37.4 Å². The number of hydrogen-bond acceptors (Lipinski definition) is 4. The molecule has 0 N–H and O–H groups in total. The number of anilines is 1. The fourth-order valence-electron chi connectivity index (χ4n) is 2.64. The average molecular weight is 386 g/mol. The number of rotatable bonds is 2. The lowest BCUT2D eigenvalue weighted by molar-refractivity contribution is -0.137. The van der Waals surface area contributed by atoms with Crippen molar-refractivity contribution >= 4 is 23.5 Å². The summed E-state index contributed by atoms with van der Waals surface area (Å²) in [5.74, 6) is 0.233. The van der Waals surface area contributed by atoms with Crippen molar-refractivity contribution in [3.63, 3.8) is 0 Å². The lowest BCUT2D eigenvalue weighted by Gasteiger charge is -2.35. The summed E-state index contributed by atoms with van der Waals surface area (Å²) < 4.78 is 44.6. The second-order valence-corrected chi connectivity index (χ2v) is 6.10. The number of nitrogens with zero attached hydrogens (tertiary/aromatic N) is 3. The maximum atomic E-state index is 13.1. The van der Waals surface area contributed by atoms with E-state index in [-0.39, 0.29) is 32.0 Å². The molecule has 0 unspecified atom stereocenters. The molecule has 1 aliphatic rings. The summed E-state index contributed by atoms with van der Waals surface area (Å²) in [5.41, 5.74) is -0.780. The molecule has 0 spiro atoms. The van der Waals surface area contributed by atoms with Gasteiger partial charge in [-0.3, -0.25) is 0 Å². The Morgan fingerprint density at radius 3 is 2.35 bits per heavy atom. The fourth-order valence-corrected chi connectivity index (χ4v) is 2.77. The molecule has 5 nitrogen and oxygen atoms in total. The van der Waals surface area contributed by atoms with Crippen LogP contribution in [0, 0.1) is 0 Å². The molecule has 0 saturated carbocycles. The predicted octanol–water partition coefficient (Wildman–Crippen LogP) is 4.07. The first-order chi connectivity index (χ1) is 12.3. The van der Waals surface area contributed by atoms with Crippen LogP contribution in [0.3, 0.4) is 0 Å². The van der Waals surface area contributed by atoms with Crippen molar-refractivity contribution in [1.29, 1.82) is 0 Å². The minimum Gasteiger partial charge on any atom is -0.410 e. The summed E-state index contributed by atoms with van der Waals surface area (Å²) in [4.78, 5) is 19.0. The van der Waals surface area contributed by atoms with Crippen molar-refractivity contribution in [2.45, 2.75) is 6.18 Å². The van der Waals surface area contributed by atoms with Crippen LogP contribution in [0.5, 0.6) is 5.75 Å². The van der Waals surface area contributed by atoms with Gasteiger partial charge in [0.05, 0.1) is 5.56 Å². The van der Waals surface area contributed by atoms with Gasteiger partial charge in [0.25, 0.3) is 0 Å². The Bertz CT molecular complexity index is 776. The number of halogens is 4. The monoisotopic (exact) mass is 385 g/mol. The number of piperazine rings is 1. The molecule has 1 aromatic heterocycles. The number of pyridine rings is 1. The van der Waals surface area contributed by atoms with Gasteiger partial charge in [-0.25, -0.2) is 9.78 Å². The summed E-state index contributed by atoms with van der Waals surface area (Å²) in [5, 5.41) is 0.522. The van der Waals surface area contributed by atoms with E-state index < -0.39 is 17.8 Å². The van der Waals surface area contributed by atoms with Crippen molar-refractivity contribution in [2.75, 3.05) is 31.1 Å². The first-order valence-electron chi connectivity index (χ1n) is 7.84. The van der Waals surface area contributed by atoms with Crippen LogP contribution in [0.4, 0.5) is 23.8 Å². The third-order valence-electron chi connectivity index (χ3n) is 3.95. The standard InChI is InChI=1S/C17H15ClF3N3O2/c18-12-3-5-13(6-4-12)26-16(25)24-10-8-23(9-11-24)15-14(17(19,20)21)2-1-7-22-15/h1-7H,8-11H2. The molecule has 1 aromatic carbocycles. The van der Waals surface area contributed by atoms with Crippen LogP contribution in [0.2, 0.25) is 5.02 Å². The van der Waals surface area contributed by atoms with Crippen molar-refractivity contribution in [3.8, 4) is 5.75 Å². The number of amides is 1. The molecule has 0 radical (unpaired) electrons. The van der Waals surface area contributed by atoms with Crippen LogP contribution in [-0.4, -0.2) is 42.2 Å². The highest BCUT2D eigenvalue weighted by molar-refractivity contribution is 6.30. The molecule has 0 aliphatic carbocycles. The molecule has 1 aliphatic heterocycles. The Labute approximate surface area is 152 Å². The minimum absolute atomic E-state index is 0.120. The Kier molecular flexibility index (Phi) is 5.22. The molecule has 0 bridgehead atoms. The smallest absolute Gasteiger partial charge is 0.410 e. The largest absolute Gasteiger partial charge is 0.419 e. The Balaban J connectivity index is 1.63. The fraction of sp³-hybridized carbons (Fsp3) is 0.294. The number of benzene rings is 1. The Morgan fingerprint density at radius 1 is 1.08 bits per heavy atom. The Hall–Kier alpha value is -2.48. The molecule has 26 heavy (non-hydrogen) atoms. The van der Waals surface area contributed by atoms with Crippen LogP contribution < -0.4 is 9.64 Å². The lowest BCUT2D eigenvalue weighted by Crippen LogP contribution is -2.50. The molecule has 2 aromatic rings. The first kappa shape index (κ1) is 18.3. The molecule has 1 amide bonds. The van der Waals surface area contributed by atoms with Crippen LogP contribution in [0.1, 0.15) is 5.56 Å². The third-order valence-corrected chi connectivity index (χ3v) is 4.20. The van der Waals surface area contributed by atoms with Crippen LogP contribution >= 0.6 is 11.6 Å². The molecule has 1 saturated heterocycles. The maximum Gasteiger partial charge on any atom is 0.419 e. The molecule has 0 atom stereocenters. The van der Waals surface area contributed by atoms with Crippen molar-refractivity contribution < 1.29 is 22.7 Å². The third kappa shape index (κ3) is 4.19. The number of ether oxygens (including phenoxy) is 1. The number of carbonyl (C=O) groups excluding carboxylic acids is 1. The van der Waals surface area contributed by atoms with Gasteiger partial charge in [-0.2, -0.15) is 13.2 Å². The Morgan fingerprint density at radius 2 is 1.73 bits per heavy atom. The predicted molar refractivity (Wildman–Crippen MR) is 90.5 cm³/mol. The minimum atomic E-state index is -4.48. The highest BCUT2D eigenvalue weighted by atomic mass is 35.5. The van der Waals surface area contributed by atoms with Gasteiger partial charge in [0.1, 0.15) is 11.6 Å². The van der Waals surface area contributed by atoms with E-state index in [0.717, 1.165) is 6.07 Å². The zero-order chi connectivity index (χ0) is 18.7. The summed E-state index contributed by atoms with van der Waals surface area (Å²) in [6.45, 7) is 0.937. The van der Waals surface area contributed by atoms with Crippen molar-refractivity contribution in [3.05, 3.63) is 53.2 Å². The second-order valence-electron chi connectivity index (χ2n) is 5.67. The van der Waals surface area contributed by atoms with Crippen molar-refractivity contribution in [2.24, 2.45) is 0 Å². The van der Waals surface area contributed by atoms with Gasteiger partial charge in [-0.05, 0) is 36.4 Å². The summed E-state index contributed by atoms with van der Waals surface area (Å²) in [7, 11) is 0. The van der Waals surface area contributed by atoms with E-state index in [9.17, 15) is 18.0 Å². The van der Waals surface area contributed by atoms with Gasteiger partial charge < -0.3 is 14.5 Å². The zero-order valence-electron chi connectivity index (χ0n) is 13.5. The van der Waals surface area contributed by atoms with Gasteiger partial charge in [-0.1, -0.05) is 11.6 Å². The SMILES string of the molecule is O=C(Oc1ccc(Cl)cc1)N1CCN(c2ncccc2C(F)(F)F)CC1. The van der Waals surface area contributed by atoms with Gasteiger partial charge in [0.2, 0.25) is 0 Å². The van der Waals surface area contributed by atoms with E-state index in [2.05, 4.69) is 4.98 Å². The van der Waals surface area contributed by atoms with Gasteiger partial charge in [0.15, 0.2) is 0 Å². The molecular weight excluding hydrogens is 371 g/mol. The highest BCUT2D eigenvalue weighted by Crippen LogP contribution is 2.35. The van der Waals surface area contributed by atoms with Crippen LogP contribution in [0.15, 0.2) is 42.6 Å². The van der Waals surface area contributed by atoms with E-state index in [1.807, 2.05) is 0 Å². The van der Waals surface area contributed by atoms with E-state index >= 15 is 0 Å². The van der Waals surface area contributed by atoms with E-state index in [1.54, 1.807) is 24.3 Å². The quantitative estimate of drug-likeness (QED) is 0.781. The van der Waals surface area contributed by atoms with Crippen LogP contribution in [0.25, 0.3) is 0 Å². The highest BCUT2D eigenvalue weighted by Gasteiger charge is 2.36. The normalized spacial score (nSPS) is 15.1. The maximum absolute atomic E-state index is 13.1. The second kappa shape index (κ2) is 7.41. The van der Waals surface area contributed by atoms with Gasteiger partial charge in [-0.15, -0.1) is 0 Å². The molecule has 1 fully saturated rings. The summed E-state index contributed by atoms with van der Waals surface area (Å²) in [6.07, 6.45) is -3.70. The number of carbonyl (C=O) groups is 1. The van der Waals surface area contributed by atoms with E-state index in [1.165, 1.54) is 22.1 Å². The topological polar surface area (TPSA) is 45.7 Å². The molecular formula is C17H15ClF3N3O2. The number of alkyl halides is 3. The molecule has 2 heterocycles. The molecule has 3 rings (SSSR count). The summed E-state index contributed by atoms with van der Waals surface area (Å²) in [6, 6.07) is 8.60. The summed E-state index contributed by atoms with van der Waals surface area (Å²) >= 11 is 5.77. The zero-order valence-corrected chi connectivity index (χ0v) is 14.3. The lowest BCUT2D eigenvalue weighted by atomic mass is 10.2. The van der Waals surface area contributed by atoms with E-state index in [0.29, 0.717) is 10.8 Å². The number of aromatic nitrogens is 1. The van der Waals surface area contributed by atoms with Gasteiger partial charge >= 0.3 is 12.3 Å². The first-order valence-corrected chi connectivity index (χ1v) is 8.22. The van der Waals surface area contributed by atoms with E-state index in [4.69, 9.17) is 16.3 Å². The average Bonchev–Trinajstić information content (AvgIpc) is 2.63. The molecule has 138 valence electrons.